The van der Waals surface area contributed by atoms with Crippen LogP contribution in [0, 0.1) is 5.41 Å². The fourth-order valence-electron chi connectivity index (χ4n) is 2.36. The standard InChI is InChI=1S/C14H30N2O/c1-12(2)15-9-14(7-6-8-17-11-14)10-16(5)13(3)4/h12-13,15H,6-11H2,1-5H3. The van der Waals surface area contributed by atoms with E-state index < -0.39 is 0 Å². The van der Waals surface area contributed by atoms with Crippen molar-refractivity contribution in [1.29, 1.82) is 0 Å². The van der Waals surface area contributed by atoms with Gasteiger partial charge in [0.1, 0.15) is 0 Å². The van der Waals surface area contributed by atoms with E-state index >= 15 is 0 Å². The molecule has 0 aliphatic carbocycles. The molecule has 1 rings (SSSR count). The van der Waals surface area contributed by atoms with Crippen LogP contribution in [-0.4, -0.2) is 50.3 Å². The van der Waals surface area contributed by atoms with Crippen LogP contribution in [0.4, 0.5) is 0 Å². The molecule has 1 N–H and O–H groups in total. The highest BCUT2D eigenvalue weighted by Crippen LogP contribution is 2.29. The van der Waals surface area contributed by atoms with E-state index in [4.69, 9.17) is 4.74 Å². The molecule has 0 aromatic carbocycles. The fourth-order valence-corrected chi connectivity index (χ4v) is 2.36. The minimum Gasteiger partial charge on any atom is -0.381 e. The van der Waals surface area contributed by atoms with Crippen LogP contribution in [-0.2, 0) is 4.74 Å². The van der Waals surface area contributed by atoms with E-state index in [9.17, 15) is 0 Å². The third kappa shape index (κ3) is 4.94. The number of nitrogens with zero attached hydrogens (tertiary/aromatic N) is 1. The molecule has 0 spiro atoms. The molecule has 1 fully saturated rings. The van der Waals surface area contributed by atoms with Gasteiger partial charge in [-0.3, -0.25) is 0 Å². The van der Waals surface area contributed by atoms with Gasteiger partial charge in [-0.2, -0.15) is 0 Å². The summed E-state index contributed by atoms with van der Waals surface area (Å²) < 4.78 is 5.73. The average molecular weight is 242 g/mol. The van der Waals surface area contributed by atoms with Gasteiger partial charge in [0.15, 0.2) is 0 Å². The number of rotatable bonds is 6. The number of nitrogens with one attached hydrogen (secondary N) is 1. The first-order valence-electron chi connectivity index (χ1n) is 6.96. The minimum atomic E-state index is 0.307. The fraction of sp³-hybridized carbons (Fsp3) is 1.00. The lowest BCUT2D eigenvalue weighted by Crippen LogP contribution is -2.50. The molecule has 3 heteroatoms. The van der Waals surface area contributed by atoms with Crippen molar-refractivity contribution in [2.24, 2.45) is 5.41 Å². The Hall–Kier alpha value is -0.120. The lowest BCUT2D eigenvalue weighted by Gasteiger charge is -2.41. The zero-order valence-corrected chi connectivity index (χ0v) is 12.3. The topological polar surface area (TPSA) is 24.5 Å². The van der Waals surface area contributed by atoms with Crippen LogP contribution in [0.15, 0.2) is 0 Å². The lowest BCUT2D eigenvalue weighted by atomic mass is 9.81. The van der Waals surface area contributed by atoms with Gasteiger partial charge in [-0.25, -0.2) is 0 Å². The van der Waals surface area contributed by atoms with Gasteiger partial charge >= 0.3 is 0 Å². The second-order valence-electron chi connectivity index (χ2n) is 6.20. The minimum absolute atomic E-state index is 0.307. The molecule has 0 aromatic rings. The van der Waals surface area contributed by atoms with Crippen LogP contribution in [0.2, 0.25) is 0 Å². The normalized spacial score (nSPS) is 26.1. The SMILES string of the molecule is CC(C)NCC1(CN(C)C(C)C)CCCOC1. The quantitative estimate of drug-likeness (QED) is 0.772. The Morgan fingerprint density at radius 1 is 1.29 bits per heavy atom. The summed E-state index contributed by atoms with van der Waals surface area (Å²) >= 11 is 0. The van der Waals surface area contributed by atoms with E-state index in [1.54, 1.807) is 0 Å². The molecule has 3 nitrogen and oxygen atoms in total. The predicted molar refractivity (Wildman–Crippen MR) is 73.4 cm³/mol. The second-order valence-corrected chi connectivity index (χ2v) is 6.20. The first-order chi connectivity index (χ1) is 7.95. The van der Waals surface area contributed by atoms with Crippen molar-refractivity contribution < 1.29 is 4.74 Å². The van der Waals surface area contributed by atoms with Gasteiger partial charge in [0.05, 0.1) is 6.61 Å². The molecule has 1 atom stereocenters. The van der Waals surface area contributed by atoms with E-state index in [-0.39, 0.29) is 0 Å². The van der Waals surface area contributed by atoms with E-state index in [2.05, 4.69) is 45.0 Å². The molecule has 102 valence electrons. The molecule has 0 radical (unpaired) electrons. The maximum Gasteiger partial charge on any atom is 0.0546 e. The molecule has 0 aromatic heterocycles. The summed E-state index contributed by atoms with van der Waals surface area (Å²) in [5.41, 5.74) is 0.307. The third-order valence-corrected chi connectivity index (χ3v) is 3.76. The van der Waals surface area contributed by atoms with Crippen LogP contribution in [0.1, 0.15) is 40.5 Å². The monoisotopic (exact) mass is 242 g/mol. The first-order valence-corrected chi connectivity index (χ1v) is 6.96. The Morgan fingerprint density at radius 3 is 2.47 bits per heavy atom. The van der Waals surface area contributed by atoms with E-state index in [1.165, 1.54) is 12.8 Å². The summed E-state index contributed by atoms with van der Waals surface area (Å²) in [6, 6.07) is 1.16. The van der Waals surface area contributed by atoms with Gasteiger partial charge < -0.3 is 15.0 Å². The van der Waals surface area contributed by atoms with Crippen molar-refractivity contribution in [3.63, 3.8) is 0 Å². The average Bonchev–Trinajstić information content (AvgIpc) is 2.27. The maximum atomic E-state index is 5.73. The summed E-state index contributed by atoms with van der Waals surface area (Å²) in [4.78, 5) is 2.44. The van der Waals surface area contributed by atoms with Gasteiger partial charge in [-0.15, -0.1) is 0 Å². The molecule has 0 bridgehead atoms. The van der Waals surface area contributed by atoms with E-state index in [0.717, 1.165) is 26.3 Å². The third-order valence-electron chi connectivity index (χ3n) is 3.76. The summed E-state index contributed by atoms with van der Waals surface area (Å²) in [7, 11) is 2.22. The molecule has 1 heterocycles. The van der Waals surface area contributed by atoms with Gasteiger partial charge in [-0.1, -0.05) is 13.8 Å². The molecular weight excluding hydrogens is 212 g/mol. The zero-order valence-electron chi connectivity index (χ0n) is 12.3. The molecule has 1 saturated heterocycles. The van der Waals surface area contributed by atoms with Crippen LogP contribution < -0.4 is 5.32 Å². The zero-order chi connectivity index (χ0) is 12.9. The van der Waals surface area contributed by atoms with Crippen LogP contribution >= 0.6 is 0 Å². The smallest absolute Gasteiger partial charge is 0.0546 e. The molecule has 1 aliphatic rings. The molecule has 1 unspecified atom stereocenters. The number of ether oxygens (including phenoxy) is 1. The van der Waals surface area contributed by atoms with Gasteiger partial charge in [0.25, 0.3) is 0 Å². The second kappa shape index (κ2) is 6.72. The van der Waals surface area contributed by atoms with E-state index in [1.807, 2.05) is 0 Å². The highest BCUT2D eigenvalue weighted by Gasteiger charge is 2.34. The van der Waals surface area contributed by atoms with Gasteiger partial charge in [-0.05, 0) is 33.7 Å². The maximum absolute atomic E-state index is 5.73. The summed E-state index contributed by atoms with van der Waals surface area (Å²) in [5, 5.41) is 3.59. The van der Waals surface area contributed by atoms with E-state index in [0.29, 0.717) is 17.5 Å². The number of hydrogen-bond acceptors (Lipinski definition) is 3. The van der Waals surface area contributed by atoms with Crippen molar-refractivity contribution >= 4 is 0 Å². The molecule has 0 amide bonds. The van der Waals surface area contributed by atoms with Crippen LogP contribution in [0.3, 0.4) is 0 Å². The van der Waals surface area contributed by atoms with Crippen LogP contribution in [0.5, 0.6) is 0 Å². The van der Waals surface area contributed by atoms with Crippen molar-refractivity contribution in [3.05, 3.63) is 0 Å². The predicted octanol–water partition coefficient (Wildman–Crippen LogP) is 2.12. The molecular formula is C14H30N2O. The van der Waals surface area contributed by atoms with Crippen molar-refractivity contribution in [2.45, 2.75) is 52.6 Å². The van der Waals surface area contributed by atoms with Crippen molar-refractivity contribution in [2.75, 3.05) is 33.4 Å². The highest BCUT2D eigenvalue weighted by atomic mass is 16.5. The Balaban J connectivity index is 2.57. The first kappa shape index (κ1) is 14.9. The van der Waals surface area contributed by atoms with Gasteiger partial charge in [0.2, 0.25) is 0 Å². The Morgan fingerprint density at radius 2 is 2.00 bits per heavy atom. The molecule has 0 saturated carbocycles. The van der Waals surface area contributed by atoms with Gasteiger partial charge in [0, 0.05) is 37.2 Å². The van der Waals surface area contributed by atoms with Crippen LogP contribution in [0.25, 0.3) is 0 Å². The Labute approximate surface area is 107 Å². The number of hydrogen-bond donors (Lipinski definition) is 1. The summed E-state index contributed by atoms with van der Waals surface area (Å²) in [6.07, 6.45) is 2.48. The summed E-state index contributed by atoms with van der Waals surface area (Å²) in [6.45, 7) is 13.0. The Kier molecular flexibility index (Phi) is 5.90. The van der Waals surface area contributed by atoms with Crippen molar-refractivity contribution in [1.82, 2.24) is 10.2 Å². The largest absolute Gasteiger partial charge is 0.381 e. The summed E-state index contributed by atoms with van der Waals surface area (Å²) in [5.74, 6) is 0. The lowest BCUT2D eigenvalue weighted by molar-refractivity contribution is -0.0272. The highest BCUT2D eigenvalue weighted by molar-refractivity contribution is 4.87. The Bertz CT molecular complexity index is 210. The molecule has 17 heavy (non-hydrogen) atoms. The molecule has 1 aliphatic heterocycles. The van der Waals surface area contributed by atoms with Crippen molar-refractivity contribution in [3.8, 4) is 0 Å².